The maximum Gasteiger partial charge on any atom is 0.417 e. The summed E-state index contributed by atoms with van der Waals surface area (Å²) in [6, 6.07) is 0. The molecule has 0 unspecified atom stereocenters. The molecule has 0 spiro atoms. The zero-order valence-electron chi connectivity index (χ0n) is 17.8. The second-order valence-corrected chi connectivity index (χ2v) is 11.1. The van der Waals surface area contributed by atoms with Gasteiger partial charge in [0, 0.05) is 0 Å². The van der Waals surface area contributed by atoms with Crippen molar-refractivity contribution in [1.29, 1.82) is 0 Å². The Kier molecular flexibility index (Phi) is 5.74. The number of fused-ring (bicyclic) bond motifs is 5. The fourth-order valence-corrected chi connectivity index (χ4v) is 8.51. The quantitative estimate of drug-likeness (QED) is 0.546. The van der Waals surface area contributed by atoms with Crippen molar-refractivity contribution in [3.8, 4) is 0 Å². The molecule has 174 valence electrons. The van der Waals surface area contributed by atoms with Crippen LogP contribution in [-0.2, 0) is 0 Å². The highest BCUT2D eigenvalue weighted by atomic mass is 19.4. The SMILES string of the molecule is C[C@H]([C@H](O)C(F)F)[C@H]1CC[C@H]2[C@@H]3CC[C@@H]4C[C@@](O)(C(F)(F)F)CC[C@@H]4[C@H]3CC[C@]12C. The van der Waals surface area contributed by atoms with Crippen molar-refractivity contribution in [3.05, 3.63) is 0 Å². The average Bonchev–Trinajstić information content (AvgIpc) is 3.02. The summed E-state index contributed by atoms with van der Waals surface area (Å²) in [4.78, 5) is 0. The van der Waals surface area contributed by atoms with Gasteiger partial charge in [0.05, 0.1) is 0 Å². The lowest BCUT2D eigenvalue weighted by molar-refractivity contribution is -0.282. The van der Waals surface area contributed by atoms with Gasteiger partial charge in [-0.1, -0.05) is 13.8 Å². The summed E-state index contributed by atoms with van der Waals surface area (Å²) in [7, 11) is 0. The number of aliphatic hydroxyl groups excluding tert-OH is 1. The van der Waals surface area contributed by atoms with E-state index in [1.807, 2.05) is 0 Å². The van der Waals surface area contributed by atoms with Crippen molar-refractivity contribution in [2.45, 2.75) is 95.9 Å². The molecule has 0 bridgehead atoms. The number of hydrogen-bond acceptors (Lipinski definition) is 2. The second kappa shape index (κ2) is 7.57. The smallest absolute Gasteiger partial charge is 0.387 e. The van der Waals surface area contributed by atoms with E-state index in [1.54, 1.807) is 6.92 Å². The minimum absolute atomic E-state index is 0.0619. The lowest BCUT2D eigenvalue weighted by atomic mass is 9.48. The van der Waals surface area contributed by atoms with Gasteiger partial charge in [0.15, 0.2) is 5.60 Å². The third kappa shape index (κ3) is 3.41. The van der Waals surface area contributed by atoms with Crippen LogP contribution in [0, 0.1) is 46.8 Å². The van der Waals surface area contributed by atoms with Gasteiger partial charge >= 0.3 is 6.18 Å². The highest BCUT2D eigenvalue weighted by molar-refractivity contribution is 5.08. The molecule has 0 aromatic heterocycles. The minimum atomic E-state index is -4.57. The van der Waals surface area contributed by atoms with E-state index in [2.05, 4.69) is 6.92 Å². The van der Waals surface area contributed by atoms with Gasteiger partial charge in [0.25, 0.3) is 6.43 Å². The molecule has 0 heterocycles. The van der Waals surface area contributed by atoms with Gasteiger partial charge in [-0.15, -0.1) is 0 Å². The van der Waals surface area contributed by atoms with Crippen LogP contribution in [0.5, 0.6) is 0 Å². The first kappa shape index (κ1) is 22.8. The first-order valence-electron chi connectivity index (χ1n) is 11.6. The fraction of sp³-hybridized carbons (Fsp3) is 1.00. The number of alkyl halides is 5. The first-order valence-corrected chi connectivity index (χ1v) is 11.6. The Labute approximate surface area is 175 Å². The monoisotopic (exact) mass is 438 g/mol. The molecule has 4 aliphatic rings. The molecule has 0 saturated heterocycles. The van der Waals surface area contributed by atoms with E-state index in [1.165, 1.54) is 0 Å². The molecule has 30 heavy (non-hydrogen) atoms. The van der Waals surface area contributed by atoms with Crippen LogP contribution in [0.4, 0.5) is 22.0 Å². The summed E-state index contributed by atoms with van der Waals surface area (Å²) < 4.78 is 66.3. The Morgan fingerprint density at radius 1 is 0.900 bits per heavy atom. The molecule has 4 rings (SSSR count). The molecular weight excluding hydrogens is 403 g/mol. The largest absolute Gasteiger partial charge is 0.417 e. The third-order valence-corrected chi connectivity index (χ3v) is 10.0. The Hall–Kier alpha value is -0.430. The molecule has 2 nitrogen and oxygen atoms in total. The highest BCUT2D eigenvalue weighted by Gasteiger charge is 2.62. The van der Waals surface area contributed by atoms with Crippen LogP contribution in [0.2, 0.25) is 0 Å². The van der Waals surface area contributed by atoms with Gasteiger partial charge in [0.1, 0.15) is 6.10 Å². The summed E-state index contributed by atoms with van der Waals surface area (Å²) in [5.74, 6) is 0.984. The van der Waals surface area contributed by atoms with Gasteiger partial charge in [-0.05, 0) is 105 Å². The molecule has 0 aromatic carbocycles. The fourth-order valence-electron chi connectivity index (χ4n) is 8.51. The van der Waals surface area contributed by atoms with Gasteiger partial charge in [-0.2, -0.15) is 13.2 Å². The van der Waals surface area contributed by atoms with Crippen molar-refractivity contribution in [3.63, 3.8) is 0 Å². The Morgan fingerprint density at radius 3 is 2.20 bits per heavy atom. The second-order valence-electron chi connectivity index (χ2n) is 11.1. The standard InChI is InChI=1S/C23H35F5O2/c1-12(19(29)20(24)25)17-5-6-18-16-4-3-13-11-22(30,23(26,27)28)10-8-14(13)15(16)7-9-21(17,18)2/h12-20,29-30H,3-11H2,1-2H3/t12-,13+,14-,15+,16+,17+,18-,19-,21+,22+/m0/s1. The Bertz CT molecular complexity index is 640. The maximum absolute atomic E-state index is 13.4. The predicted octanol–water partition coefficient (Wildman–Crippen LogP) is 5.81. The minimum Gasteiger partial charge on any atom is -0.387 e. The molecule has 4 saturated carbocycles. The van der Waals surface area contributed by atoms with E-state index in [0.717, 1.165) is 38.5 Å². The van der Waals surface area contributed by atoms with E-state index in [-0.39, 0.29) is 36.0 Å². The van der Waals surface area contributed by atoms with E-state index < -0.39 is 30.2 Å². The normalized spacial score (nSPS) is 48.6. The molecule has 0 amide bonds. The van der Waals surface area contributed by atoms with Gasteiger partial charge in [0.2, 0.25) is 0 Å². The van der Waals surface area contributed by atoms with Gasteiger partial charge < -0.3 is 10.2 Å². The topological polar surface area (TPSA) is 40.5 Å². The Morgan fingerprint density at radius 2 is 1.57 bits per heavy atom. The van der Waals surface area contributed by atoms with Crippen molar-refractivity contribution < 1.29 is 32.2 Å². The molecule has 4 fully saturated rings. The maximum atomic E-state index is 13.4. The van der Waals surface area contributed by atoms with Crippen LogP contribution < -0.4 is 0 Å². The van der Waals surface area contributed by atoms with Crippen LogP contribution >= 0.6 is 0 Å². The van der Waals surface area contributed by atoms with E-state index in [0.29, 0.717) is 24.2 Å². The molecule has 10 atom stereocenters. The van der Waals surface area contributed by atoms with Crippen LogP contribution in [0.1, 0.15) is 71.6 Å². The van der Waals surface area contributed by atoms with Gasteiger partial charge in [-0.25, -0.2) is 8.78 Å². The lowest BCUT2D eigenvalue weighted by Gasteiger charge is -2.57. The highest BCUT2D eigenvalue weighted by Crippen LogP contribution is 2.66. The molecule has 4 aliphatic carbocycles. The van der Waals surface area contributed by atoms with Crippen molar-refractivity contribution in [1.82, 2.24) is 0 Å². The summed E-state index contributed by atoms with van der Waals surface area (Å²) in [6.45, 7) is 3.95. The van der Waals surface area contributed by atoms with Crippen LogP contribution in [0.3, 0.4) is 0 Å². The first-order chi connectivity index (χ1) is 13.9. The number of halogens is 5. The third-order valence-electron chi connectivity index (χ3n) is 10.0. The molecule has 0 radical (unpaired) electrons. The van der Waals surface area contributed by atoms with Crippen molar-refractivity contribution >= 4 is 0 Å². The average molecular weight is 439 g/mol. The van der Waals surface area contributed by atoms with Crippen LogP contribution in [-0.4, -0.2) is 34.5 Å². The number of rotatable bonds is 3. The van der Waals surface area contributed by atoms with Crippen molar-refractivity contribution in [2.24, 2.45) is 46.8 Å². The number of hydrogen-bond donors (Lipinski definition) is 2. The van der Waals surface area contributed by atoms with E-state index in [4.69, 9.17) is 0 Å². The summed E-state index contributed by atoms with van der Waals surface area (Å²) in [6.07, 6.45) is -3.63. The van der Waals surface area contributed by atoms with Crippen LogP contribution in [0.15, 0.2) is 0 Å². The molecule has 2 N–H and O–H groups in total. The number of aliphatic hydroxyl groups is 2. The Balaban J connectivity index is 1.49. The zero-order chi connectivity index (χ0) is 22.1. The molecule has 7 heteroatoms. The molecule has 0 aromatic rings. The zero-order valence-corrected chi connectivity index (χ0v) is 17.8. The lowest BCUT2D eigenvalue weighted by Crippen LogP contribution is -2.55. The van der Waals surface area contributed by atoms with E-state index in [9.17, 15) is 32.2 Å². The molecular formula is C23H35F5O2. The summed E-state index contributed by atoms with van der Waals surface area (Å²) in [5, 5.41) is 20.2. The molecule has 0 aliphatic heterocycles. The summed E-state index contributed by atoms with van der Waals surface area (Å²) >= 11 is 0. The predicted molar refractivity (Wildman–Crippen MR) is 103 cm³/mol. The van der Waals surface area contributed by atoms with Crippen LogP contribution in [0.25, 0.3) is 0 Å². The summed E-state index contributed by atoms with van der Waals surface area (Å²) in [5.41, 5.74) is -2.62. The van der Waals surface area contributed by atoms with Gasteiger partial charge in [-0.3, -0.25) is 0 Å². The van der Waals surface area contributed by atoms with Crippen molar-refractivity contribution in [2.75, 3.05) is 0 Å². The van der Waals surface area contributed by atoms with E-state index >= 15 is 0 Å².